The molecule has 0 aliphatic rings. The Kier molecular flexibility index (Phi) is 5.17. The van der Waals surface area contributed by atoms with Gasteiger partial charge in [-0.3, -0.25) is 4.57 Å². The topological polar surface area (TPSA) is 91.7 Å². The summed E-state index contributed by atoms with van der Waals surface area (Å²) in [6, 6.07) is 19.3. The van der Waals surface area contributed by atoms with Gasteiger partial charge in [-0.15, -0.1) is 11.6 Å². The van der Waals surface area contributed by atoms with Gasteiger partial charge in [-0.1, -0.05) is 12.1 Å². The molecule has 4 aromatic heterocycles. The number of methoxy groups -OCH3 is 1. The second-order valence-electron chi connectivity index (χ2n) is 7.13. The van der Waals surface area contributed by atoms with E-state index < -0.39 is 0 Å². The minimum absolute atomic E-state index is 0.403. The zero-order chi connectivity index (χ0) is 22.1. The number of anilines is 1. The van der Waals surface area contributed by atoms with Crippen LogP contribution in [-0.4, -0.2) is 31.6 Å². The first-order valence-corrected chi connectivity index (χ1v) is 10.5. The summed E-state index contributed by atoms with van der Waals surface area (Å²) in [5.74, 6) is 2.04. The van der Waals surface area contributed by atoms with Gasteiger partial charge in [0.2, 0.25) is 5.88 Å². The number of alkyl halides is 1. The highest BCUT2D eigenvalue weighted by Crippen LogP contribution is 2.32. The Bertz CT molecular complexity index is 1410. The van der Waals surface area contributed by atoms with Crippen molar-refractivity contribution in [2.75, 3.05) is 12.8 Å². The van der Waals surface area contributed by atoms with Crippen LogP contribution in [0.4, 0.5) is 5.82 Å². The smallest absolute Gasteiger partial charge is 0.213 e. The number of nitrogens with two attached hydrogens (primary N) is 1. The molecule has 0 spiro atoms. The molecule has 5 aromatic rings. The lowest BCUT2D eigenvalue weighted by Gasteiger charge is -2.11. The molecule has 5 rings (SSSR count). The first-order valence-electron chi connectivity index (χ1n) is 9.94. The highest BCUT2D eigenvalue weighted by atomic mass is 35.5. The minimum atomic E-state index is 0.403. The lowest BCUT2D eigenvalue weighted by Crippen LogP contribution is -2.02. The largest absolute Gasteiger partial charge is 0.481 e. The molecule has 0 atom stereocenters. The van der Waals surface area contributed by atoms with Crippen LogP contribution in [0.15, 0.2) is 73.1 Å². The minimum Gasteiger partial charge on any atom is -0.481 e. The van der Waals surface area contributed by atoms with Crippen LogP contribution < -0.4 is 10.5 Å². The monoisotopic (exact) mass is 442 g/mol. The van der Waals surface area contributed by atoms with Gasteiger partial charge in [-0.2, -0.15) is 0 Å². The molecule has 0 saturated heterocycles. The summed E-state index contributed by atoms with van der Waals surface area (Å²) in [5.41, 5.74) is 12.0. The highest BCUT2D eigenvalue weighted by molar-refractivity contribution is 6.17. The van der Waals surface area contributed by atoms with E-state index >= 15 is 0 Å². The summed E-state index contributed by atoms with van der Waals surface area (Å²) in [6.45, 7) is 0. The molecular weight excluding hydrogens is 424 g/mol. The number of fused-ring (bicyclic) bond motifs is 1. The Morgan fingerprint density at radius 2 is 1.81 bits per heavy atom. The van der Waals surface area contributed by atoms with E-state index in [1.54, 1.807) is 19.5 Å². The van der Waals surface area contributed by atoms with E-state index in [9.17, 15) is 0 Å². The maximum Gasteiger partial charge on any atom is 0.213 e. The third-order valence-electron chi connectivity index (χ3n) is 5.17. The molecule has 8 heteroatoms. The molecule has 0 amide bonds. The predicted octanol–water partition coefficient (Wildman–Crippen LogP) is 4.87. The lowest BCUT2D eigenvalue weighted by molar-refractivity contribution is 0.398. The number of aromatic nitrogens is 5. The van der Waals surface area contributed by atoms with Gasteiger partial charge in [0.1, 0.15) is 11.3 Å². The Hall–Kier alpha value is -3.97. The van der Waals surface area contributed by atoms with Crippen molar-refractivity contribution >= 4 is 28.6 Å². The Morgan fingerprint density at radius 1 is 0.969 bits per heavy atom. The molecule has 0 saturated carbocycles. The van der Waals surface area contributed by atoms with Crippen molar-refractivity contribution in [3.8, 4) is 34.2 Å². The van der Waals surface area contributed by atoms with Crippen molar-refractivity contribution in [3.63, 3.8) is 0 Å². The van der Waals surface area contributed by atoms with Crippen molar-refractivity contribution < 1.29 is 4.74 Å². The van der Waals surface area contributed by atoms with Gasteiger partial charge in [0.25, 0.3) is 0 Å². The van der Waals surface area contributed by atoms with Crippen LogP contribution in [-0.2, 0) is 5.88 Å². The van der Waals surface area contributed by atoms with Crippen LogP contribution in [0.25, 0.3) is 39.5 Å². The molecule has 0 fully saturated rings. The maximum atomic E-state index is 6.20. The number of rotatable bonds is 5. The quantitative estimate of drug-likeness (QED) is 0.390. The third kappa shape index (κ3) is 3.52. The molecule has 0 unspecified atom stereocenters. The molecule has 7 nitrogen and oxygen atoms in total. The van der Waals surface area contributed by atoms with Crippen molar-refractivity contribution in [3.05, 3.63) is 78.6 Å². The maximum absolute atomic E-state index is 6.20. The summed E-state index contributed by atoms with van der Waals surface area (Å²) in [7, 11) is 1.59. The van der Waals surface area contributed by atoms with Gasteiger partial charge >= 0.3 is 0 Å². The number of nitrogens with zero attached hydrogens (tertiary/aromatic N) is 5. The van der Waals surface area contributed by atoms with Crippen molar-refractivity contribution in [1.29, 1.82) is 0 Å². The van der Waals surface area contributed by atoms with E-state index in [2.05, 4.69) is 9.97 Å². The van der Waals surface area contributed by atoms with Gasteiger partial charge in [0, 0.05) is 35.6 Å². The van der Waals surface area contributed by atoms with Crippen molar-refractivity contribution in [1.82, 2.24) is 24.5 Å². The Morgan fingerprint density at radius 3 is 2.56 bits per heavy atom. The zero-order valence-corrected chi connectivity index (χ0v) is 18.0. The molecule has 32 heavy (non-hydrogen) atoms. The molecule has 2 N–H and O–H groups in total. The van der Waals surface area contributed by atoms with Crippen LogP contribution in [0.5, 0.6) is 5.88 Å². The Labute approximate surface area is 189 Å². The van der Waals surface area contributed by atoms with Crippen LogP contribution in [0.2, 0.25) is 0 Å². The fraction of sp³-hybridized carbons (Fsp3) is 0.0833. The summed E-state index contributed by atoms with van der Waals surface area (Å²) in [5, 5.41) is 0. The summed E-state index contributed by atoms with van der Waals surface area (Å²) >= 11 is 5.99. The number of hydrogen-bond acceptors (Lipinski definition) is 6. The van der Waals surface area contributed by atoms with E-state index in [1.165, 1.54) is 0 Å². The number of nitrogen functional groups attached to an aromatic ring is 1. The second kappa shape index (κ2) is 8.28. The predicted molar refractivity (Wildman–Crippen MR) is 126 cm³/mol. The molecular formula is C24H19ClN6O. The summed E-state index contributed by atoms with van der Waals surface area (Å²) < 4.78 is 7.25. The number of imidazole rings is 1. The molecule has 0 bridgehead atoms. The molecule has 0 radical (unpaired) electrons. The number of pyridine rings is 3. The van der Waals surface area contributed by atoms with E-state index in [0.29, 0.717) is 29.0 Å². The summed E-state index contributed by atoms with van der Waals surface area (Å²) in [6.07, 6.45) is 3.36. The molecule has 1 aromatic carbocycles. The third-order valence-corrected chi connectivity index (χ3v) is 5.48. The second-order valence-corrected chi connectivity index (χ2v) is 7.40. The van der Waals surface area contributed by atoms with E-state index in [4.69, 9.17) is 32.0 Å². The number of benzene rings is 1. The van der Waals surface area contributed by atoms with Gasteiger partial charge < -0.3 is 10.5 Å². The lowest BCUT2D eigenvalue weighted by atomic mass is 10.1. The summed E-state index contributed by atoms with van der Waals surface area (Å²) in [4.78, 5) is 18.2. The fourth-order valence-electron chi connectivity index (χ4n) is 3.56. The first kappa shape index (κ1) is 20.0. The van der Waals surface area contributed by atoms with E-state index in [-0.39, 0.29) is 0 Å². The first-order chi connectivity index (χ1) is 15.7. The highest BCUT2D eigenvalue weighted by Gasteiger charge is 2.18. The fourth-order valence-corrected chi connectivity index (χ4v) is 3.74. The standard InChI is InChI=1S/C24H19ClN6O/c1-32-21-13-16(10-12-27-21)19-8-9-20-24(29-19)31(17-6-4-15(14-25)5-7-17)23(30-20)18-3-2-11-28-22(18)26/h2-13H,14H2,1H3,(H2,26,28). The normalized spacial score (nSPS) is 11.1. The van der Waals surface area contributed by atoms with Crippen LogP contribution in [0.3, 0.4) is 0 Å². The number of ether oxygens (including phenoxy) is 1. The molecule has 4 heterocycles. The number of hydrogen-bond donors (Lipinski definition) is 1. The molecule has 0 aliphatic heterocycles. The van der Waals surface area contributed by atoms with Crippen molar-refractivity contribution in [2.45, 2.75) is 5.88 Å². The SMILES string of the molecule is COc1cc(-c2ccc3nc(-c4cccnc4N)n(-c4ccc(CCl)cc4)c3n2)ccn1. The molecule has 158 valence electrons. The van der Waals surface area contributed by atoms with Gasteiger partial charge in [-0.05, 0) is 48.0 Å². The Balaban J connectivity index is 1.77. The van der Waals surface area contributed by atoms with E-state index in [0.717, 1.165) is 33.6 Å². The van der Waals surface area contributed by atoms with Crippen LogP contribution in [0, 0.1) is 0 Å². The van der Waals surface area contributed by atoms with E-state index in [1.807, 2.05) is 65.2 Å². The molecule has 0 aliphatic carbocycles. The average Bonchev–Trinajstić information content (AvgIpc) is 3.23. The van der Waals surface area contributed by atoms with Crippen LogP contribution >= 0.6 is 11.6 Å². The van der Waals surface area contributed by atoms with Gasteiger partial charge in [-0.25, -0.2) is 19.9 Å². The zero-order valence-electron chi connectivity index (χ0n) is 17.2. The van der Waals surface area contributed by atoms with Crippen molar-refractivity contribution in [2.24, 2.45) is 0 Å². The van der Waals surface area contributed by atoms with Crippen LogP contribution in [0.1, 0.15) is 5.56 Å². The van der Waals surface area contributed by atoms with Gasteiger partial charge in [0.05, 0.1) is 18.4 Å². The van der Waals surface area contributed by atoms with Gasteiger partial charge in [0.15, 0.2) is 11.5 Å². The number of halogens is 1. The average molecular weight is 443 g/mol.